The molecule has 1 aromatic heterocycles. The third-order valence-corrected chi connectivity index (χ3v) is 6.05. The summed E-state index contributed by atoms with van der Waals surface area (Å²) >= 11 is 0. The first-order valence-corrected chi connectivity index (χ1v) is 10.0. The molecule has 0 spiro atoms. The van der Waals surface area contributed by atoms with Crippen LogP contribution in [0.3, 0.4) is 0 Å². The van der Waals surface area contributed by atoms with E-state index >= 15 is 0 Å². The van der Waals surface area contributed by atoms with Gasteiger partial charge in [0, 0.05) is 24.4 Å². The number of benzene rings is 2. The maximum absolute atomic E-state index is 13.2. The zero-order valence-electron chi connectivity index (χ0n) is 18.0. The van der Waals surface area contributed by atoms with Gasteiger partial charge in [0.1, 0.15) is 0 Å². The van der Waals surface area contributed by atoms with Crippen LogP contribution in [-0.4, -0.2) is 36.6 Å². The van der Waals surface area contributed by atoms with E-state index in [9.17, 15) is 9.59 Å². The Labute approximate surface area is 175 Å². The quantitative estimate of drug-likeness (QED) is 0.721. The van der Waals surface area contributed by atoms with Gasteiger partial charge in [0.25, 0.3) is 5.56 Å². The van der Waals surface area contributed by atoms with Crippen LogP contribution in [0.5, 0.6) is 11.5 Å². The number of methoxy groups -OCH3 is 2. The molecule has 0 saturated heterocycles. The number of fused-ring (bicyclic) bond motifs is 2. The van der Waals surface area contributed by atoms with Crippen LogP contribution < -0.4 is 15.0 Å². The van der Waals surface area contributed by atoms with Crippen molar-refractivity contribution in [3.63, 3.8) is 0 Å². The molecule has 0 fully saturated rings. The van der Waals surface area contributed by atoms with Crippen LogP contribution in [0.1, 0.15) is 40.8 Å². The molecule has 0 saturated carbocycles. The molecule has 0 radical (unpaired) electrons. The summed E-state index contributed by atoms with van der Waals surface area (Å²) < 4.78 is 11.0. The van der Waals surface area contributed by atoms with Crippen molar-refractivity contribution < 1.29 is 14.3 Å². The lowest BCUT2D eigenvalue weighted by atomic mass is 9.87. The number of aromatic amines is 1. The number of aromatic nitrogens is 1. The summed E-state index contributed by atoms with van der Waals surface area (Å²) in [6.45, 7) is 6.08. The number of hydrogen-bond acceptors (Lipinski definition) is 4. The average Bonchev–Trinajstić information content (AvgIpc) is 2.74. The summed E-state index contributed by atoms with van der Waals surface area (Å²) in [5, 5.41) is 0.987. The molecule has 156 valence electrons. The summed E-state index contributed by atoms with van der Waals surface area (Å²) in [5.74, 6) is 1.15. The molecule has 1 aliphatic heterocycles. The van der Waals surface area contributed by atoms with Gasteiger partial charge in [0.15, 0.2) is 11.5 Å². The molecule has 1 atom stereocenters. The standard InChI is InChI=1S/C24H26N2O4/c1-13-6-7-14(2)22-17(13)11-19(24(28)25-22)23-18-12-21(30-5)20(29-4)10-16(18)8-9-26(23)15(3)27/h6-7,10-12,23H,8-9H2,1-5H3,(H,25,28). The smallest absolute Gasteiger partial charge is 0.254 e. The van der Waals surface area contributed by atoms with E-state index in [0.717, 1.165) is 33.2 Å². The normalized spacial score (nSPS) is 15.8. The number of nitrogens with one attached hydrogen (secondary N) is 1. The van der Waals surface area contributed by atoms with Gasteiger partial charge in [-0.2, -0.15) is 0 Å². The van der Waals surface area contributed by atoms with Gasteiger partial charge in [-0.1, -0.05) is 12.1 Å². The highest BCUT2D eigenvalue weighted by Crippen LogP contribution is 2.40. The predicted octanol–water partition coefficient (Wildman–Crippen LogP) is 3.66. The number of carbonyl (C=O) groups excluding carboxylic acids is 1. The van der Waals surface area contributed by atoms with Crippen molar-refractivity contribution >= 4 is 16.8 Å². The number of hydrogen-bond donors (Lipinski definition) is 1. The molecule has 1 N–H and O–H groups in total. The Hall–Kier alpha value is -3.28. The summed E-state index contributed by atoms with van der Waals surface area (Å²) in [5.41, 5.74) is 5.24. The van der Waals surface area contributed by atoms with E-state index in [2.05, 4.69) is 4.98 Å². The van der Waals surface area contributed by atoms with Gasteiger partial charge in [0.2, 0.25) is 5.91 Å². The van der Waals surface area contributed by atoms with Crippen molar-refractivity contribution in [3.8, 4) is 11.5 Å². The minimum Gasteiger partial charge on any atom is -0.493 e. The first-order valence-electron chi connectivity index (χ1n) is 10.0. The van der Waals surface area contributed by atoms with Crippen molar-refractivity contribution in [2.75, 3.05) is 20.8 Å². The molecule has 2 heterocycles. The van der Waals surface area contributed by atoms with Crippen LogP contribution in [0.2, 0.25) is 0 Å². The first kappa shape index (κ1) is 20.0. The van der Waals surface area contributed by atoms with E-state index < -0.39 is 6.04 Å². The maximum Gasteiger partial charge on any atom is 0.254 e. The molecule has 1 amide bonds. The second-order valence-electron chi connectivity index (χ2n) is 7.81. The fourth-order valence-electron chi connectivity index (χ4n) is 4.41. The Kier molecular flexibility index (Phi) is 5.02. The van der Waals surface area contributed by atoms with Crippen LogP contribution in [0.15, 0.2) is 35.1 Å². The molecule has 4 rings (SSSR count). The summed E-state index contributed by atoms with van der Waals surface area (Å²) in [6.07, 6.45) is 0.690. The lowest BCUT2D eigenvalue weighted by Gasteiger charge is -2.37. The Balaban J connectivity index is 2.01. The maximum atomic E-state index is 13.2. The topological polar surface area (TPSA) is 71.6 Å². The fraction of sp³-hybridized carbons (Fsp3) is 0.333. The molecule has 2 aromatic carbocycles. The lowest BCUT2D eigenvalue weighted by Crippen LogP contribution is -2.41. The predicted molar refractivity (Wildman–Crippen MR) is 117 cm³/mol. The zero-order chi connectivity index (χ0) is 21.6. The van der Waals surface area contributed by atoms with E-state index in [1.54, 1.807) is 26.0 Å². The minimum atomic E-state index is -0.487. The van der Waals surface area contributed by atoms with Gasteiger partial charge in [0.05, 0.1) is 25.8 Å². The SMILES string of the molecule is COc1cc2c(cc1OC)C(c1cc3c(C)ccc(C)c3[nH]c1=O)N(C(C)=O)CC2. The van der Waals surface area contributed by atoms with Crippen LogP contribution in [0.25, 0.3) is 10.9 Å². The number of amides is 1. The number of nitrogens with zero attached hydrogens (tertiary/aromatic N) is 1. The van der Waals surface area contributed by atoms with Crippen LogP contribution in [0.4, 0.5) is 0 Å². The van der Waals surface area contributed by atoms with Gasteiger partial charge in [-0.3, -0.25) is 9.59 Å². The molecule has 1 aliphatic rings. The zero-order valence-corrected chi connectivity index (χ0v) is 18.0. The summed E-state index contributed by atoms with van der Waals surface area (Å²) in [7, 11) is 3.19. The van der Waals surface area contributed by atoms with E-state index in [1.165, 1.54) is 0 Å². The average molecular weight is 406 g/mol. The molecule has 0 aliphatic carbocycles. The van der Waals surface area contributed by atoms with Crippen molar-refractivity contribution in [3.05, 3.63) is 68.5 Å². The first-order chi connectivity index (χ1) is 14.3. The highest BCUT2D eigenvalue weighted by atomic mass is 16.5. The Bertz CT molecular complexity index is 1210. The number of rotatable bonds is 3. The van der Waals surface area contributed by atoms with Gasteiger partial charge in [-0.05, 0) is 60.7 Å². The largest absolute Gasteiger partial charge is 0.493 e. The Morgan fingerprint density at radius 3 is 2.37 bits per heavy atom. The molecule has 6 heteroatoms. The number of aryl methyl sites for hydroxylation is 2. The van der Waals surface area contributed by atoms with Crippen molar-refractivity contribution in [2.45, 2.75) is 33.2 Å². The van der Waals surface area contributed by atoms with E-state index in [-0.39, 0.29) is 11.5 Å². The number of H-pyrrole nitrogens is 1. The van der Waals surface area contributed by atoms with Gasteiger partial charge in [-0.15, -0.1) is 0 Å². The molecule has 0 bridgehead atoms. The summed E-state index contributed by atoms with van der Waals surface area (Å²) in [6, 6.07) is 9.33. The van der Waals surface area contributed by atoms with Crippen LogP contribution in [0, 0.1) is 13.8 Å². The molecule has 6 nitrogen and oxygen atoms in total. The molecule has 3 aromatic rings. The highest BCUT2D eigenvalue weighted by Gasteiger charge is 2.33. The van der Waals surface area contributed by atoms with Crippen molar-refractivity contribution in [1.82, 2.24) is 9.88 Å². The van der Waals surface area contributed by atoms with Gasteiger partial charge >= 0.3 is 0 Å². The molecule has 1 unspecified atom stereocenters. The van der Waals surface area contributed by atoms with E-state index in [1.807, 2.05) is 44.2 Å². The van der Waals surface area contributed by atoms with Gasteiger partial charge < -0.3 is 19.4 Å². The third-order valence-electron chi connectivity index (χ3n) is 6.05. The summed E-state index contributed by atoms with van der Waals surface area (Å²) in [4.78, 5) is 30.5. The van der Waals surface area contributed by atoms with Crippen molar-refractivity contribution in [1.29, 1.82) is 0 Å². The van der Waals surface area contributed by atoms with Crippen LogP contribution in [-0.2, 0) is 11.2 Å². The number of ether oxygens (including phenoxy) is 2. The monoisotopic (exact) mass is 406 g/mol. The highest BCUT2D eigenvalue weighted by molar-refractivity contribution is 5.85. The van der Waals surface area contributed by atoms with Crippen molar-refractivity contribution in [2.24, 2.45) is 0 Å². The second-order valence-corrected chi connectivity index (χ2v) is 7.81. The van der Waals surface area contributed by atoms with E-state index in [4.69, 9.17) is 9.47 Å². The van der Waals surface area contributed by atoms with Crippen LogP contribution >= 0.6 is 0 Å². The Morgan fingerprint density at radius 1 is 1.03 bits per heavy atom. The molecular formula is C24H26N2O4. The fourth-order valence-corrected chi connectivity index (χ4v) is 4.41. The minimum absolute atomic E-state index is 0.0686. The Morgan fingerprint density at radius 2 is 1.70 bits per heavy atom. The number of carbonyl (C=O) groups is 1. The second kappa shape index (κ2) is 7.52. The van der Waals surface area contributed by atoms with Gasteiger partial charge in [-0.25, -0.2) is 0 Å². The number of pyridine rings is 1. The molecular weight excluding hydrogens is 380 g/mol. The molecule has 30 heavy (non-hydrogen) atoms. The van der Waals surface area contributed by atoms with E-state index in [0.29, 0.717) is 30.0 Å². The third kappa shape index (κ3) is 3.12. The lowest BCUT2D eigenvalue weighted by molar-refractivity contribution is -0.130.